The molecule has 3 heteroatoms. The van der Waals surface area contributed by atoms with Crippen molar-refractivity contribution in [2.75, 3.05) is 6.54 Å². The fraction of sp³-hybridized carbons (Fsp3) is 0.909. The van der Waals surface area contributed by atoms with Crippen molar-refractivity contribution in [3.63, 3.8) is 0 Å². The Kier molecular flexibility index (Phi) is 5.77. The average molecular weight is 201 g/mol. The van der Waals surface area contributed by atoms with Crippen LogP contribution in [-0.4, -0.2) is 23.7 Å². The minimum Gasteiger partial charge on any atom is -0.391 e. The Balaban J connectivity index is 3.67. The Labute approximate surface area is 86.9 Å². The molecule has 0 aromatic carbocycles. The van der Waals surface area contributed by atoms with Crippen LogP contribution in [0.25, 0.3) is 0 Å². The molecule has 1 atom stereocenters. The first-order valence-electron chi connectivity index (χ1n) is 5.32. The molecule has 0 saturated carbocycles. The van der Waals surface area contributed by atoms with E-state index in [-0.39, 0.29) is 11.3 Å². The smallest absolute Gasteiger partial charge is 0.220 e. The molecule has 1 amide bonds. The highest BCUT2D eigenvalue weighted by Crippen LogP contribution is 2.18. The lowest BCUT2D eigenvalue weighted by molar-refractivity contribution is -0.122. The van der Waals surface area contributed by atoms with Crippen molar-refractivity contribution in [3.05, 3.63) is 0 Å². The van der Waals surface area contributed by atoms with Crippen LogP contribution in [0.4, 0.5) is 0 Å². The van der Waals surface area contributed by atoms with Gasteiger partial charge in [-0.1, -0.05) is 34.1 Å². The van der Waals surface area contributed by atoms with Gasteiger partial charge in [0, 0.05) is 13.0 Å². The summed E-state index contributed by atoms with van der Waals surface area (Å²) in [6.07, 6.45) is 2.02. The molecule has 0 aromatic heterocycles. The second-order valence-corrected chi connectivity index (χ2v) is 4.79. The lowest BCUT2D eigenvalue weighted by Crippen LogP contribution is -2.39. The van der Waals surface area contributed by atoms with Crippen molar-refractivity contribution in [2.24, 2.45) is 5.41 Å². The number of unbranched alkanes of at least 4 members (excludes halogenated alkanes) is 1. The standard InChI is InChI=1S/C11H23NO2/c1-5-6-7-10(14)12-8-9(13)11(2,3)4/h9,13H,5-8H2,1-4H3,(H,12,14). The van der Waals surface area contributed by atoms with Crippen LogP contribution in [0, 0.1) is 5.41 Å². The van der Waals surface area contributed by atoms with E-state index in [9.17, 15) is 9.90 Å². The van der Waals surface area contributed by atoms with Crippen molar-refractivity contribution in [3.8, 4) is 0 Å². The highest BCUT2D eigenvalue weighted by Gasteiger charge is 2.22. The predicted molar refractivity (Wildman–Crippen MR) is 58.0 cm³/mol. The maximum absolute atomic E-state index is 11.2. The van der Waals surface area contributed by atoms with Gasteiger partial charge in [-0.15, -0.1) is 0 Å². The Morgan fingerprint density at radius 1 is 1.43 bits per heavy atom. The number of hydrogen-bond acceptors (Lipinski definition) is 2. The molecule has 0 rings (SSSR count). The van der Waals surface area contributed by atoms with Crippen LogP contribution in [0.2, 0.25) is 0 Å². The summed E-state index contributed by atoms with van der Waals surface area (Å²) >= 11 is 0. The van der Waals surface area contributed by atoms with Crippen LogP contribution in [-0.2, 0) is 4.79 Å². The third-order valence-electron chi connectivity index (χ3n) is 2.25. The SMILES string of the molecule is CCCCC(=O)NCC(O)C(C)(C)C. The molecule has 84 valence electrons. The third-order valence-corrected chi connectivity index (χ3v) is 2.25. The molecular weight excluding hydrogens is 178 g/mol. The van der Waals surface area contributed by atoms with Crippen LogP contribution in [0.15, 0.2) is 0 Å². The first-order chi connectivity index (χ1) is 6.38. The maximum atomic E-state index is 11.2. The highest BCUT2D eigenvalue weighted by atomic mass is 16.3. The second kappa shape index (κ2) is 6.02. The molecule has 3 nitrogen and oxygen atoms in total. The summed E-state index contributed by atoms with van der Waals surface area (Å²) in [5.74, 6) is 0.0372. The number of nitrogens with one attached hydrogen (secondary N) is 1. The molecule has 0 aliphatic heterocycles. The predicted octanol–water partition coefficient (Wildman–Crippen LogP) is 1.70. The summed E-state index contributed by atoms with van der Waals surface area (Å²) in [4.78, 5) is 11.2. The van der Waals surface area contributed by atoms with Gasteiger partial charge in [0.1, 0.15) is 0 Å². The van der Waals surface area contributed by atoms with Crippen LogP contribution in [0.5, 0.6) is 0 Å². The van der Waals surface area contributed by atoms with Crippen molar-refractivity contribution >= 4 is 5.91 Å². The van der Waals surface area contributed by atoms with Gasteiger partial charge < -0.3 is 10.4 Å². The van der Waals surface area contributed by atoms with Crippen molar-refractivity contribution in [2.45, 2.75) is 53.1 Å². The van der Waals surface area contributed by atoms with Gasteiger partial charge in [-0.25, -0.2) is 0 Å². The number of carbonyl (C=O) groups excluding carboxylic acids is 1. The van der Waals surface area contributed by atoms with Gasteiger partial charge >= 0.3 is 0 Å². The van der Waals surface area contributed by atoms with Gasteiger partial charge in [-0.2, -0.15) is 0 Å². The van der Waals surface area contributed by atoms with E-state index in [1.807, 2.05) is 20.8 Å². The molecule has 0 fully saturated rings. The molecule has 0 bridgehead atoms. The first-order valence-corrected chi connectivity index (χ1v) is 5.32. The van der Waals surface area contributed by atoms with Crippen molar-refractivity contribution in [1.29, 1.82) is 0 Å². The molecular formula is C11H23NO2. The third kappa shape index (κ3) is 5.97. The zero-order valence-electron chi connectivity index (χ0n) is 9.76. The number of amides is 1. The van der Waals surface area contributed by atoms with E-state index in [0.29, 0.717) is 13.0 Å². The second-order valence-electron chi connectivity index (χ2n) is 4.79. The minimum atomic E-state index is -0.479. The number of aliphatic hydroxyl groups excluding tert-OH is 1. The topological polar surface area (TPSA) is 49.3 Å². The fourth-order valence-corrected chi connectivity index (χ4v) is 0.942. The van der Waals surface area contributed by atoms with Gasteiger partial charge in [-0.3, -0.25) is 4.79 Å². The van der Waals surface area contributed by atoms with Gasteiger partial charge in [0.15, 0.2) is 0 Å². The Morgan fingerprint density at radius 2 is 2.00 bits per heavy atom. The first kappa shape index (κ1) is 13.4. The molecule has 14 heavy (non-hydrogen) atoms. The van der Waals surface area contributed by atoms with E-state index in [1.165, 1.54) is 0 Å². The van der Waals surface area contributed by atoms with Gasteiger partial charge in [0.05, 0.1) is 6.10 Å². The number of rotatable bonds is 5. The van der Waals surface area contributed by atoms with E-state index in [2.05, 4.69) is 12.2 Å². The zero-order chi connectivity index (χ0) is 11.2. The monoisotopic (exact) mass is 201 g/mol. The molecule has 2 N–H and O–H groups in total. The molecule has 0 aromatic rings. The summed E-state index contributed by atoms with van der Waals surface area (Å²) in [7, 11) is 0. The van der Waals surface area contributed by atoms with E-state index in [0.717, 1.165) is 12.8 Å². The van der Waals surface area contributed by atoms with Crippen LogP contribution in [0.3, 0.4) is 0 Å². The van der Waals surface area contributed by atoms with Gasteiger partial charge in [0.25, 0.3) is 0 Å². The molecule has 1 unspecified atom stereocenters. The lowest BCUT2D eigenvalue weighted by atomic mass is 9.89. The summed E-state index contributed by atoms with van der Waals surface area (Å²) < 4.78 is 0. The van der Waals surface area contributed by atoms with Crippen LogP contribution < -0.4 is 5.32 Å². The Morgan fingerprint density at radius 3 is 2.43 bits per heavy atom. The number of aliphatic hydroxyl groups is 1. The van der Waals surface area contributed by atoms with Crippen molar-refractivity contribution < 1.29 is 9.90 Å². The molecule has 0 saturated heterocycles. The molecule has 0 aliphatic rings. The quantitative estimate of drug-likeness (QED) is 0.711. The molecule has 0 radical (unpaired) electrons. The van der Waals surface area contributed by atoms with Crippen molar-refractivity contribution in [1.82, 2.24) is 5.32 Å². The largest absolute Gasteiger partial charge is 0.391 e. The normalized spacial score (nSPS) is 13.8. The molecule has 0 heterocycles. The molecule has 0 spiro atoms. The fourth-order valence-electron chi connectivity index (χ4n) is 0.942. The summed E-state index contributed by atoms with van der Waals surface area (Å²) in [5.41, 5.74) is -0.169. The van der Waals surface area contributed by atoms with Gasteiger partial charge in [0.2, 0.25) is 5.91 Å². The maximum Gasteiger partial charge on any atom is 0.220 e. The molecule has 0 aliphatic carbocycles. The van der Waals surface area contributed by atoms with E-state index in [4.69, 9.17) is 0 Å². The Hall–Kier alpha value is -0.570. The van der Waals surface area contributed by atoms with Crippen LogP contribution >= 0.6 is 0 Å². The van der Waals surface area contributed by atoms with Gasteiger partial charge in [-0.05, 0) is 11.8 Å². The lowest BCUT2D eigenvalue weighted by Gasteiger charge is -2.25. The zero-order valence-corrected chi connectivity index (χ0v) is 9.76. The van der Waals surface area contributed by atoms with E-state index in [1.54, 1.807) is 0 Å². The van der Waals surface area contributed by atoms with Crippen LogP contribution in [0.1, 0.15) is 47.0 Å². The summed E-state index contributed by atoms with van der Waals surface area (Å²) in [6.45, 7) is 8.27. The Bertz CT molecular complexity index is 173. The average Bonchev–Trinajstić information content (AvgIpc) is 2.09. The van der Waals surface area contributed by atoms with E-state index < -0.39 is 6.10 Å². The highest BCUT2D eigenvalue weighted by molar-refractivity contribution is 5.75. The number of carbonyl (C=O) groups is 1. The summed E-state index contributed by atoms with van der Waals surface area (Å²) in [5, 5.41) is 12.4. The minimum absolute atomic E-state index is 0.0372. The summed E-state index contributed by atoms with van der Waals surface area (Å²) in [6, 6.07) is 0. The van der Waals surface area contributed by atoms with E-state index >= 15 is 0 Å². The number of hydrogen-bond donors (Lipinski definition) is 2.